The Morgan fingerprint density at radius 3 is 2.69 bits per heavy atom. The van der Waals surface area contributed by atoms with Gasteiger partial charge in [-0.15, -0.1) is 0 Å². The van der Waals surface area contributed by atoms with Crippen molar-refractivity contribution in [3.05, 3.63) is 40.6 Å². The maximum absolute atomic E-state index is 12.9. The molecule has 7 nitrogen and oxygen atoms in total. The van der Waals surface area contributed by atoms with E-state index in [1.54, 1.807) is 0 Å². The maximum Gasteiger partial charge on any atom is 0.274 e. The van der Waals surface area contributed by atoms with E-state index in [1.807, 2.05) is 22.7 Å². The molecule has 4 rings (SSSR count). The Morgan fingerprint density at radius 2 is 1.96 bits per heavy atom. The van der Waals surface area contributed by atoms with Crippen LogP contribution in [0.25, 0.3) is 0 Å². The van der Waals surface area contributed by atoms with E-state index in [1.165, 1.54) is 0 Å². The van der Waals surface area contributed by atoms with Gasteiger partial charge in [-0.25, -0.2) is 0 Å². The molecule has 0 spiro atoms. The molecule has 7 heteroatoms. The molecule has 1 fully saturated rings. The molecule has 0 bridgehead atoms. The second kappa shape index (κ2) is 7.25. The number of hydrogen-bond acceptors (Lipinski definition) is 5. The third kappa shape index (κ3) is 3.29. The van der Waals surface area contributed by atoms with Crippen LogP contribution >= 0.6 is 0 Å². The van der Waals surface area contributed by atoms with Gasteiger partial charge in [0.2, 0.25) is 0 Å². The Morgan fingerprint density at radius 1 is 1.19 bits per heavy atom. The summed E-state index contributed by atoms with van der Waals surface area (Å²) in [6.07, 6.45) is 1.76. The van der Waals surface area contributed by atoms with Gasteiger partial charge in [-0.05, 0) is 18.6 Å². The van der Waals surface area contributed by atoms with Crippen molar-refractivity contribution in [2.75, 3.05) is 32.8 Å². The lowest BCUT2D eigenvalue weighted by Gasteiger charge is -2.28. The second-order valence-corrected chi connectivity index (χ2v) is 6.98. The molecule has 0 N–H and O–H groups in total. The fourth-order valence-electron chi connectivity index (χ4n) is 3.76. The third-order valence-electron chi connectivity index (χ3n) is 5.27. The van der Waals surface area contributed by atoms with Gasteiger partial charge in [0.15, 0.2) is 5.69 Å². The number of nitrogens with zero attached hydrogens (tertiary/aromatic N) is 4. The minimum Gasteiger partial charge on any atom is -0.465 e. The summed E-state index contributed by atoms with van der Waals surface area (Å²) < 4.78 is 13.1. The fourth-order valence-corrected chi connectivity index (χ4v) is 3.76. The molecule has 0 aromatic carbocycles. The topological polar surface area (TPSA) is 63.7 Å². The molecule has 0 atom stereocenters. The second-order valence-electron chi connectivity index (χ2n) is 6.98. The van der Waals surface area contributed by atoms with Crippen molar-refractivity contribution < 1.29 is 13.9 Å². The average Bonchev–Trinajstić information content (AvgIpc) is 3.26. The first kappa shape index (κ1) is 17.3. The molecule has 2 aromatic heterocycles. The van der Waals surface area contributed by atoms with Gasteiger partial charge in [-0.2, -0.15) is 5.10 Å². The van der Waals surface area contributed by atoms with Crippen molar-refractivity contribution in [1.29, 1.82) is 0 Å². The van der Waals surface area contributed by atoms with E-state index in [0.29, 0.717) is 32.0 Å². The van der Waals surface area contributed by atoms with E-state index < -0.39 is 0 Å². The van der Waals surface area contributed by atoms with Gasteiger partial charge in [0.1, 0.15) is 11.5 Å². The lowest BCUT2D eigenvalue weighted by atomic mass is 10.0. The number of aryl methyl sites for hydroxylation is 2. The van der Waals surface area contributed by atoms with Gasteiger partial charge in [0.05, 0.1) is 25.5 Å². The first-order chi connectivity index (χ1) is 12.7. The fraction of sp³-hybridized carbons (Fsp3) is 0.579. The number of carbonyl (C=O) groups is 1. The standard InChI is InChI=1S/C19H26N4O3/c1-3-14-4-5-15(26-14)12-22-7-6-16-17(13-22)21(2)20-18(16)19(24)23-8-10-25-11-9-23/h4-5H,3,6-13H2,1-2H3. The molecule has 2 aromatic rings. The van der Waals surface area contributed by atoms with E-state index in [0.717, 1.165) is 55.3 Å². The molecule has 140 valence electrons. The maximum atomic E-state index is 12.9. The van der Waals surface area contributed by atoms with Crippen LogP contribution in [-0.4, -0.2) is 58.3 Å². The Labute approximate surface area is 153 Å². The van der Waals surface area contributed by atoms with Gasteiger partial charge >= 0.3 is 0 Å². The van der Waals surface area contributed by atoms with Crippen LogP contribution in [0.4, 0.5) is 0 Å². The average molecular weight is 358 g/mol. The molecule has 4 heterocycles. The SMILES string of the molecule is CCc1ccc(CN2CCc3c(C(=O)N4CCOCC4)nn(C)c3C2)o1. The number of ether oxygens (including phenoxy) is 1. The quantitative estimate of drug-likeness (QED) is 0.831. The summed E-state index contributed by atoms with van der Waals surface area (Å²) in [5.74, 6) is 2.06. The number of amides is 1. The highest BCUT2D eigenvalue weighted by atomic mass is 16.5. The molecule has 26 heavy (non-hydrogen) atoms. The van der Waals surface area contributed by atoms with E-state index in [2.05, 4.69) is 23.0 Å². The van der Waals surface area contributed by atoms with E-state index >= 15 is 0 Å². The normalized spacial score (nSPS) is 18.2. The summed E-state index contributed by atoms with van der Waals surface area (Å²) in [6.45, 7) is 7.09. The molecule has 2 aliphatic rings. The summed E-state index contributed by atoms with van der Waals surface area (Å²) in [5.41, 5.74) is 2.86. The number of carbonyl (C=O) groups excluding carboxylic acids is 1. The Balaban J connectivity index is 1.49. The molecular formula is C19H26N4O3. The smallest absolute Gasteiger partial charge is 0.274 e. The molecular weight excluding hydrogens is 332 g/mol. The van der Waals surface area contributed by atoms with E-state index in [-0.39, 0.29) is 5.91 Å². The van der Waals surface area contributed by atoms with Crippen molar-refractivity contribution in [2.24, 2.45) is 7.05 Å². The Hall–Kier alpha value is -2.12. The van der Waals surface area contributed by atoms with Crippen LogP contribution in [0.2, 0.25) is 0 Å². The van der Waals surface area contributed by atoms with Gasteiger partial charge in [-0.3, -0.25) is 14.4 Å². The zero-order chi connectivity index (χ0) is 18.1. The van der Waals surface area contributed by atoms with E-state index in [9.17, 15) is 4.79 Å². The Bertz CT molecular complexity index is 789. The number of aromatic nitrogens is 2. The highest BCUT2D eigenvalue weighted by Crippen LogP contribution is 2.25. The summed E-state index contributed by atoms with van der Waals surface area (Å²) in [5, 5.41) is 4.56. The first-order valence-electron chi connectivity index (χ1n) is 9.37. The van der Waals surface area contributed by atoms with E-state index in [4.69, 9.17) is 9.15 Å². The van der Waals surface area contributed by atoms with Crippen LogP contribution in [0.5, 0.6) is 0 Å². The largest absolute Gasteiger partial charge is 0.465 e. The zero-order valence-corrected chi connectivity index (χ0v) is 15.5. The highest BCUT2D eigenvalue weighted by Gasteiger charge is 2.30. The molecule has 0 radical (unpaired) electrons. The lowest BCUT2D eigenvalue weighted by Crippen LogP contribution is -2.41. The minimum absolute atomic E-state index is 0.0391. The summed E-state index contributed by atoms with van der Waals surface area (Å²) in [4.78, 5) is 17.1. The minimum atomic E-state index is 0.0391. The molecule has 1 amide bonds. The molecule has 0 unspecified atom stereocenters. The van der Waals surface area contributed by atoms with Crippen LogP contribution < -0.4 is 0 Å². The number of rotatable bonds is 4. The molecule has 2 aliphatic heterocycles. The van der Waals surface area contributed by atoms with Crippen molar-refractivity contribution in [2.45, 2.75) is 32.9 Å². The van der Waals surface area contributed by atoms with Gasteiger partial charge in [0, 0.05) is 45.2 Å². The number of hydrogen-bond donors (Lipinski definition) is 0. The third-order valence-corrected chi connectivity index (χ3v) is 5.27. The number of fused-ring (bicyclic) bond motifs is 1. The first-order valence-corrected chi connectivity index (χ1v) is 9.37. The predicted molar refractivity (Wildman–Crippen MR) is 95.8 cm³/mol. The molecule has 0 saturated carbocycles. The lowest BCUT2D eigenvalue weighted by molar-refractivity contribution is 0.0297. The molecule has 0 aliphatic carbocycles. The van der Waals surface area contributed by atoms with Gasteiger partial charge in [-0.1, -0.05) is 6.92 Å². The van der Waals surface area contributed by atoms with Crippen LogP contribution in [0.15, 0.2) is 16.5 Å². The van der Waals surface area contributed by atoms with Gasteiger partial charge in [0.25, 0.3) is 5.91 Å². The molecule has 1 saturated heterocycles. The van der Waals surface area contributed by atoms with Crippen molar-refractivity contribution in [3.63, 3.8) is 0 Å². The van der Waals surface area contributed by atoms with Crippen molar-refractivity contribution in [1.82, 2.24) is 19.6 Å². The zero-order valence-electron chi connectivity index (χ0n) is 15.5. The Kier molecular flexibility index (Phi) is 4.82. The highest BCUT2D eigenvalue weighted by molar-refractivity contribution is 5.94. The summed E-state index contributed by atoms with van der Waals surface area (Å²) >= 11 is 0. The summed E-state index contributed by atoms with van der Waals surface area (Å²) in [7, 11) is 1.93. The predicted octanol–water partition coefficient (Wildman–Crippen LogP) is 1.61. The van der Waals surface area contributed by atoms with Crippen LogP contribution in [-0.2, 0) is 37.7 Å². The van der Waals surface area contributed by atoms with Gasteiger partial charge < -0.3 is 14.1 Å². The van der Waals surface area contributed by atoms with Crippen LogP contribution in [0.3, 0.4) is 0 Å². The number of furan rings is 1. The number of morpholine rings is 1. The van der Waals surface area contributed by atoms with Crippen molar-refractivity contribution >= 4 is 5.91 Å². The summed E-state index contributed by atoms with van der Waals surface area (Å²) in [6, 6.07) is 4.11. The van der Waals surface area contributed by atoms with Crippen LogP contribution in [0.1, 0.15) is 40.2 Å². The van der Waals surface area contributed by atoms with Crippen molar-refractivity contribution in [3.8, 4) is 0 Å². The monoisotopic (exact) mass is 358 g/mol. The van der Waals surface area contributed by atoms with Crippen LogP contribution in [0, 0.1) is 0 Å².